The largest absolute Gasteiger partial charge is 0.274 e. The van der Waals surface area contributed by atoms with Crippen LogP contribution >= 0.6 is 0 Å². The molecule has 20 heavy (non-hydrogen) atoms. The summed E-state index contributed by atoms with van der Waals surface area (Å²) in [5.74, 6) is -0.369. The van der Waals surface area contributed by atoms with Crippen LogP contribution in [0.5, 0.6) is 0 Å². The highest BCUT2D eigenvalue weighted by atomic mass is 16.2. The summed E-state index contributed by atoms with van der Waals surface area (Å²) in [4.78, 5) is 25.6. The number of carbonyl (C=O) groups is 2. The van der Waals surface area contributed by atoms with Gasteiger partial charge in [0.2, 0.25) is 0 Å². The number of carbonyl (C=O) groups excluding carboxylic acids is 2. The van der Waals surface area contributed by atoms with Crippen LogP contribution in [0.1, 0.15) is 32.8 Å². The smallest absolute Gasteiger partial charge is 0.261 e. The molecule has 2 heterocycles. The zero-order valence-electron chi connectivity index (χ0n) is 11.2. The zero-order valence-corrected chi connectivity index (χ0v) is 11.2. The van der Waals surface area contributed by atoms with E-state index in [1.165, 1.54) is 4.90 Å². The Morgan fingerprint density at radius 1 is 1.05 bits per heavy atom. The Hall–Kier alpha value is -2.43. The number of aryl methyl sites for hydroxylation is 2. The van der Waals surface area contributed by atoms with E-state index in [4.69, 9.17) is 0 Å². The maximum absolute atomic E-state index is 12.2. The van der Waals surface area contributed by atoms with Crippen molar-refractivity contribution in [3.63, 3.8) is 0 Å². The number of imide groups is 1. The normalized spacial score (nSPS) is 13.9. The molecule has 0 N–H and O–H groups in total. The number of rotatable bonds is 4. The fourth-order valence-corrected chi connectivity index (χ4v) is 2.51. The molecule has 0 radical (unpaired) electrons. The first-order valence-electron chi connectivity index (χ1n) is 6.60. The van der Waals surface area contributed by atoms with Gasteiger partial charge in [-0.1, -0.05) is 12.1 Å². The molecule has 1 aliphatic rings. The van der Waals surface area contributed by atoms with Crippen molar-refractivity contribution in [3.05, 3.63) is 53.3 Å². The van der Waals surface area contributed by atoms with Gasteiger partial charge in [0, 0.05) is 25.5 Å². The van der Waals surface area contributed by atoms with Crippen LogP contribution in [-0.2, 0) is 13.5 Å². The molecule has 0 unspecified atom stereocenters. The van der Waals surface area contributed by atoms with Gasteiger partial charge in [-0.15, -0.1) is 0 Å². The van der Waals surface area contributed by atoms with E-state index in [-0.39, 0.29) is 11.8 Å². The lowest BCUT2D eigenvalue weighted by Crippen LogP contribution is -2.31. The molecule has 1 aromatic carbocycles. The highest BCUT2D eigenvalue weighted by Gasteiger charge is 2.34. The lowest BCUT2D eigenvalue weighted by atomic mass is 10.1. The van der Waals surface area contributed by atoms with Crippen LogP contribution in [-0.4, -0.2) is 33.0 Å². The van der Waals surface area contributed by atoms with Crippen LogP contribution in [0.15, 0.2) is 36.5 Å². The molecule has 3 rings (SSSR count). The van der Waals surface area contributed by atoms with Crippen LogP contribution in [0.25, 0.3) is 0 Å². The maximum Gasteiger partial charge on any atom is 0.261 e. The quantitative estimate of drug-likeness (QED) is 0.793. The second kappa shape index (κ2) is 4.92. The number of fused-ring (bicyclic) bond motifs is 1. The van der Waals surface area contributed by atoms with E-state index in [0.717, 1.165) is 18.5 Å². The molecule has 1 aromatic heterocycles. The number of hydrogen-bond acceptors (Lipinski definition) is 3. The number of aromatic nitrogens is 2. The minimum atomic E-state index is -0.185. The van der Waals surface area contributed by atoms with Gasteiger partial charge < -0.3 is 0 Å². The molecule has 2 amide bonds. The molecule has 0 saturated carbocycles. The number of benzene rings is 1. The molecular weight excluding hydrogens is 254 g/mol. The molecule has 5 nitrogen and oxygen atoms in total. The van der Waals surface area contributed by atoms with Crippen molar-refractivity contribution >= 4 is 11.8 Å². The second-order valence-electron chi connectivity index (χ2n) is 4.86. The molecule has 102 valence electrons. The van der Waals surface area contributed by atoms with Crippen molar-refractivity contribution in [2.45, 2.75) is 12.8 Å². The van der Waals surface area contributed by atoms with Gasteiger partial charge in [0.25, 0.3) is 11.8 Å². The summed E-state index contributed by atoms with van der Waals surface area (Å²) < 4.78 is 1.81. The Labute approximate surface area is 116 Å². The van der Waals surface area contributed by atoms with E-state index in [1.807, 2.05) is 17.8 Å². The predicted octanol–water partition coefficient (Wildman–Crippen LogP) is 1.65. The van der Waals surface area contributed by atoms with Crippen molar-refractivity contribution in [2.75, 3.05) is 6.54 Å². The Bertz CT molecular complexity index is 640. The summed E-state index contributed by atoms with van der Waals surface area (Å²) in [5.41, 5.74) is 2.12. The van der Waals surface area contributed by atoms with E-state index in [2.05, 4.69) is 5.10 Å². The Balaban J connectivity index is 1.67. The molecule has 0 atom stereocenters. The number of nitrogens with zero attached hydrogens (tertiary/aromatic N) is 3. The van der Waals surface area contributed by atoms with Gasteiger partial charge >= 0.3 is 0 Å². The molecule has 0 saturated heterocycles. The van der Waals surface area contributed by atoms with Gasteiger partial charge in [0.15, 0.2) is 0 Å². The van der Waals surface area contributed by atoms with Crippen LogP contribution in [0.3, 0.4) is 0 Å². The Morgan fingerprint density at radius 3 is 2.25 bits per heavy atom. The van der Waals surface area contributed by atoms with E-state index >= 15 is 0 Å². The molecule has 0 bridgehead atoms. The predicted molar refractivity (Wildman–Crippen MR) is 73.3 cm³/mol. The van der Waals surface area contributed by atoms with Crippen molar-refractivity contribution in [1.82, 2.24) is 14.7 Å². The second-order valence-corrected chi connectivity index (χ2v) is 4.86. The lowest BCUT2D eigenvalue weighted by molar-refractivity contribution is 0.0652. The number of amides is 2. The van der Waals surface area contributed by atoms with Gasteiger partial charge in [-0.2, -0.15) is 5.10 Å². The summed E-state index contributed by atoms with van der Waals surface area (Å²) in [6.07, 6.45) is 3.28. The van der Waals surface area contributed by atoms with Gasteiger partial charge in [0.05, 0.1) is 11.1 Å². The topological polar surface area (TPSA) is 55.2 Å². The fraction of sp³-hybridized carbons (Fsp3) is 0.267. The first kappa shape index (κ1) is 12.6. The first-order valence-corrected chi connectivity index (χ1v) is 6.60. The average molecular weight is 269 g/mol. The van der Waals surface area contributed by atoms with E-state index in [1.54, 1.807) is 30.5 Å². The first-order chi connectivity index (χ1) is 9.68. The van der Waals surface area contributed by atoms with Crippen molar-refractivity contribution in [1.29, 1.82) is 0 Å². The maximum atomic E-state index is 12.2. The Morgan fingerprint density at radius 2 is 1.70 bits per heavy atom. The fourth-order valence-electron chi connectivity index (χ4n) is 2.51. The monoisotopic (exact) mass is 269 g/mol. The third-order valence-electron chi connectivity index (χ3n) is 3.62. The molecule has 5 heteroatoms. The summed E-state index contributed by atoms with van der Waals surface area (Å²) >= 11 is 0. The summed E-state index contributed by atoms with van der Waals surface area (Å²) in [6.45, 7) is 0.442. The summed E-state index contributed by atoms with van der Waals surface area (Å²) in [7, 11) is 1.89. The summed E-state index contributed by atoms with van der Waals surface area (Å²) in [6, 6.07) is 8.92. The number of hydrogen-bond donors (Lipinski definition) is 0. The zero-order chi connectivity index (χ0) is 14.1. The van der Waals surface area contributed by atoms with Crippen LogP contribution in [0.2, 0.25) is 0 Å². The highest BCUT2D eigenvalue weighted by molar-refractivity contribution is 6.21. The highest BCUT2D eigenvalue weighted by Crippen LogP contribution is 2.22. The minimum Gasteiger partial charge on any atom is -0.274 e. The van der Waals surface area contributed by atoms with E-state index in [0.29, 0.717) is 17.7 Å². The van der Waals surface area contributed by atoms with E-state index < -0.39 is 0 Å². The van der Waals surface area contributed by atoms with E-state index in [9.17, 15) is 9.59 Å². The van der Waals surface area contributed by atoms with Crippen molar-refractivity contribution in [3.8, 4) is 0 Å². The molecule has 0 spiro atoms. The standard InChI is InChI=1S/C15H15N3O2/c1-17-11(8-9-16-17)5-4-10-18-14(19)12-6-2-3-7-13(12)15(18)20/h2-3,6-9H,4-5,10H2,1H3. The summed E-state index contributed by atoms with van der Waals surface area (Å²) in [5, 5.41) is 4.10. The van der Waals surface area contributed by atoms with Crippen LogP contribution in [0.4, 0.5) is 0 Å². The van der Waals surface area contributed by atoms with Gasteiger partial charge in [-0.05, 0) is 31.0 Å². The Kier molecular flexibility index (Phi) is 3.10. The van der Waals surface area contributed by atoms with Crippen LogP contribution < -0.4 is 0 Å². The third-order valence-corrected chi connectivity index (χ3v) is 3.62. The minimum absolute atomic E-state index is 0.185. The molecule has 1 aliphatic heterocycles. The van der Waals surface area contributed by atoms with Gasteiger partial charge in [-0.3, -0.25) is 19.2 Å². The van der Waals surface area contributed by atoms with Gasteiger partial charge in [-0.25, -0.2) is 0 Å². The van der Waals surface area contributed by atoms with Crippen LogP contribution in [0, 0.1) is 0 Å². The van der Waals surface area contributed by atoms with Crippen molar-refractivity contribution in [2.24, 2.45) is 7.05 Å². The molecule has 0 fully saturated rings. The lowest BCUT2D eigenvalue weighted by Gasteiger charge is -2.13. The molecule has 2 aromatic rings. The molecule has 0 aliphatic carbocycles. The van der Waals surface area contributed by atoms with Crippen molar-refractivity contribution < 1.29 is 9.59 Å². The SMILES string of the molecule is Cn1nccc1CCCN1C(=O)c2ccccc2C1=O. The van der Waals surface area contributed by atoms with Gasteiger partial charge in [0.1, 0.15) is 0 Å². The average Bonchev–Trinajstić information content (AvgIpc) is 2.97. The third kappa shape index (κ3) is 2.01. The molecular formula is C15H15N3O2.